The molecule has 38 heavy (non-hydrogen) atoms. The van der Waals surface area contributed by atoms with Crippen LogP contribution in [0.5, 0.6) is 0 Å². The van der Waals surface area contributed by atoms with Gasteiger partial charge in [0.05, 0.1) is 17.2 Å². The van der Waals surface area contributed by atoms with Crippen molar-refractivity contribution in [3.8, 4) is 0 Å². The predicted molar refractivity (Wildman–Crippen MR) is 140 cm³/mol. The van der Waals surface area contributed by atoms with E-state index in [9.17, 15) is 24.5 Å². The fourth-order valence-electron chi connectivity index (χ4n) is 6.40. The van der Waals surface area contributed by atoms with Crippen molar-refractivity contribution in [2.75, 3.05) is 0 Å². The Bertz CT molecular complexity index is 1530. The molecule has 2 heterocycles. The van der Waals surface area contributed by atoms with Gasteiger partial charge in [0.1, 0.15) is 11.5 Å². The molecule has 0 amide bonds. The predicted octanol–water partition coefficient (Wildman–Crippen LogP) is 5.13. The van der Waals surface area contributed by atoms with Gasteiger partial charge in [-0.05, 0) is 16.7 Å². The molecule has 3 aliphatic rings. The van der Waals surface area contributed by atoms with E-state index in [2.05, 4.69) is 0 Å². The number of fused-ring (bicyclic) bond motifs is 5. The van der Waals surface area contributed by atoms with Gasteiger partial charge in [-0.25, -0.2) is 0 Å². The first-order valence-corrected chi connectivity index (χ1v) is 12.5. The number of hydrogen-bond acceptors (Lipinski definition) is 7. The summed E-state index contributed by atoms with van der Waals surface area (Å²) < 4.78 is 0. The van der Waals surface area contributed by atoms with Crippen LogP contribution in [-0.4, -0.2) is 39.5 Å². The molecule has 2 aliphatic heterocycles. The normalized spacial score (nSPS) is 22.8. The van der Waals surface area contributed by atoms with E-state index in [-0.39, 0.29) is 23.0 Å². The van der Waals surface area contributed by atoms with Crippen LogP contribution in [0.1, 0.15) is 70.1 Å². The maximum atomic E-state index is 14.6. The smallest absolute Gasteiger partial charge is 0.269 e. The van der Waals surface area contributed by atoms with Crippen LogP contribution in [0.25, 0.3) is 0 Å². The lowest BCUT2D eigenvalue weighted by molar-refractivity contribution is -0.384. The quantitative estimate of drug-likeness (QED) is 0.276. The highest BCUT2D eigenvalue weighted by molar-refractivity contribution is 6.31. The van der Waals surface area contributed by atoms with Crippen LogP contribution in [0.4, 0.5) is 5.69 Å². The summed E-state index contributed by atoms with van der Waals surface area (Å²) in [6.45, 7) is 5.41. The Hall–Kier alpha value is -4.46. The Kier molecular flexibility index (Phi) is 5.04. The fourth-order valence-corrected chi connectivity index (χ4v) is 6.40. The lowest BCUT2D eigenvalue weighted by Gasteiger charge is -2.36. The average molecular weight is 508 g/mol. The topological polar surface area (TPSA) is 110 Å². The SMILES string of the molecule is CC(C)(C)C(=O)[C@H]1[C@H](c2ccc([N+](=O)[O-])cc2)C2(C(=O)c3ccccc3C2=O)C2c3ccccc3C=NN21. The zero-order valence-corrected chi connectivity index (χ0v) is 21.1. The van der Waals surface area contributed by atoms with Gasteiger partial charge >= 0.3 is 0 Å². The molecule has 0 aromatic heterocycles. The number of Topliss-reactive ketones (excluding diaryl/α,β-unsaturated/α-hetero) is 3. The van der Waals surface area contributed by atoms with Gasteiger partial charge < -0.3 is 0 Å². The van der Waals surface area contributed by atoms with Gasteiger partial charge in [0.2, 0.25) is 0 Å². The number of nitro benzene ring substituents is 1. The first-order valence-electron chi connectivity index (χ1n) is 12.5. The minimum absolute atomic E-state index is 0.118. The second-order valence-electron chi connectivity index (χ2n) is 11.1. The number of nitrogens with zero attached hydrogens (tertiary/aromatic N) is 3. The molecule has 1 aliphatic carbocycles. The van der Waals surface area contributed by atoms with E-state index >= 15 is 0 Å². The summed E-state index contributed by atoms with van der Waals surface area (Å²) >= 11 is 0. The lowest BCUT2D eigenvalue weighted by atomic mass is 9.62. The maximum absolute atomic E-state index is 14.6. The Morgan fingerprint density at radius 2 is 1.50 bits per heavy atom. The monoisotopic (exact) mass is 507 g/mol. The zero-order chi connectivity index (χ0) is 27.0. The number of carbonyl (C=O) groups excluding carboxylic acids is 3. The lowest BCUT2D eigenvalue weighted by Crippen LogP contribution is -2.45. The van der Waals surface area contributed by atoms with Crippen molar-refractivity contribution < 1.29 is 19.3 Å². The van der Waals surface area contributed by atoms with Crippen molar-refractivity contribution in [3.63, 3.8) is 0 Å². The number of ketones is 3. The number of hydrogen-bond donors (Lipinski definition) is 0. The van der Waals surface area contributed by atoms with Crippen LogP contribution in [0, 0.1) is 20.9 Å². The van der Waals surface area contributed by atoms with Gasteiger partial charge in [-0.2, -0.15) is 5.10 Å². The van der Waals surface area contributed by atoms with Crippen LogP contribution in [0.15, 0.2) is 77.9 Å². The minimum Gasteiger partial charge on any atom is -0.297 e. The summed E-state index contributed by atoms with van der Waals surface area (Å²) in [5.41, 5.74) is 0.0515. The molecule has 3 aromatic carbocycles. The van der Waals surface area contributed by atoms with Crippen molar-refractivity contribution in [2.45, 2.75) is 38.8 Å². The van der Waals surface area contributed by atoms with Crippen molar-refractivity contribution in [1.29, 1.82) is 0 Å². The second-order valence-corrected chi connectivity index (χ2v) is 11.1. The van der Waals surface area contributed by atoms with Crippen molar-refractivity contribution in [3.05, 3.63) is 111 Å². The van der Waals surface area contributed by atoms with Crippen LogP contribution >= 0.6 is 0 Å². The Morgan fingerprint density at radius 3 is 2.08 bits per heavy atom. The third-order valence-corrected chi connectivity index (χ3v) is 8.05. The van der Waals surface area contributed by atoms with Gasteiger partial charge in [0.15, 0.2) is 17.3 Å². The van der Waals surface area contributed by atoms with Gasteiger partial charge in [0, 0.05) is 34.6 Å². The standard InChI is InChI=1S/C30H25N3O5/c1-29(2,3)28(36)24-23(17-12-14-19(15-13-17)33(37)38)30(26(34)21-10-6-7-11-22(21)27(30)35)25-20-9-5-4-8-18(20)16-31-32(24)25/h4-16,23-25H,1-3H3/t23-,24+,25?/m0/s1. The molecule has 0 bridgehead atoms. The molecule has 190 valence electrons. The first-order chi connectivity index (χ1) is 18.1. The Balaban J connectivity index is 1.69. The van der Waals surface area contributed by atoms with Gasteiger partial charge in [-0.15, -0.1) is 0 Å². The number of nitro groups is 1. The van der Waals surface area contributed by atoms with E-state index in [4.69, 9.17) is 5.10 Å². The highest BCUT2D eigenvalue weighted by atomic mass is 16.6. The van der Waals surface area contributed by atoms with E-state index in [0.717, 1.165) is 11.1 Å². The molecule has 1 spiro atoms. The molecule has 8 heteroatoms. The van der Waals surface area contributed by atoms with Gasteiger partial charge in [-0.3, -0.25) is 29.5 Å². The molecule has 3 atom stereocenters. The molecule has 0 N–H and O–H groups in total. The molecule has 8 nitrogen and oxygen atoms in total. The molecule has 6 rings (SSSR count). The number of carbonyl (C=O) groups is 3. The summed E-state index contributed by atoms with van der Waals surface area (Å²) in [4.78, 5) is 54.2. The van der Waals surface area contributed by atoms with Crippen LogP contribution < -0.4 is 0 Å². The molecule has 1 fully saturated rings. The maximum Gasteiger partial charge on any atom is 0.269 e. The number of rotatable bonds is 3. The van der Waals surface area contributed by atoms with E-state index in [0.29, 0.717) is 16.7 Å². The summed E-state index contributed by atoms with van der Waals surface area (Å²) in [6, 6.07) is 18.3. The summed E-state index contributed by atoms with van der Waals surface area (Å²) in [7, 11) is 0. The second kappa shape index (κ2) is 8.02. The molecular weight excluding hydrogens is 482 g/mol. The van der Waals surface area contributed by atoms with Crippen LogP contribution in [0.2, 0.25) is 0 Å². The summed E-state index contributed by atoms with van der Waals surface area (Å²) in [5.74, 6) is -1.80. The molecular formula is C30H25N3O5. The van der Waals surface area contributed by atoms with E-state index < -0.39 is 33.8 Å². The van der Waals surface area contributed by atoms with Gasteiger partial charge in [-0.1, -0.05) is 81.4 Å². The summed E-state index contributed by atoms with van der Waals surface area (Å²) in [5, 5.41) is 17.7. The number of benzene rings is 3. The third kappa shape index (κ3) is 3.03. The summed E-state index contributed by atoms with van der Waals surface area (Å²) in [6.07, 6.45) is 1.66. The van der Waals surface area contributed by atoms with Crippen molar-refractivity contribution >= 4 is 29.3 Å². The number of hydrazone groups is 1. The molecule has 1 saturated heterocycles. The van der Waals surface area contributed by atoms with Crippen LogP contribution in [0.3, 0.4) is 0 Å². The fraction of sp³-hybridized carbons (Fsp3) is 0.267. The Labute approximate surface area is 219 Å². The number of non-ortho nitro benzene ring substituents is 1. The molecule has 0 radical (unpaired) electrons. The average Bonchev–Trinajstić information content (AvgIpc) is 3.34. The van der Waals surface area contributed by atoms with E-state index in [1.807, 2.05) is 24.3 Å². The van der Waals surface area contributed by atoms with Crippen molar-refractivity contribution in [2.24, 2.45) is 15.9 Å². The highest BCUT2D eigenvalue weighted by Crippen LogP contribution is 2.65. The minimum atomic E-state index is -1.68. The molecule has 0 saturated carbocycles. The zero-order valence-electron chi connectivity index (χ0n) is 21.1. The molecule has 3 aromatic rings. The first kappa shape index (κ1) is 23.9. The van der Waals surface area contributed by atoms with Crippen molar-refractivity contribution in [1.82, 2.24) is 5.01 Å². The van der Waals surface area contributed by atoms with Crippen LogP contribution in [-0.2, 0) is 4.79 Å². The molecule has 1 unspecified atom stereocenters. The highest BCUT2D eigenvalue weighted by Gasteiger charge is 2.73. The largest absolute Gasteiger partial charge is 0.297 e. The van der Waals surface area contributed by atoms with Gasteiger partial charge in [0.25, 0.3) is 5.69 Å². The Morgan fingerprint density at radius 1 is 0.921 bits per heavy atom. The third-order valence-electron chi connectivity index (χ3n) is 8.05. The van der Waals surface area contributed by atoms with E-state index in [1.54, 1.807) is 68.4 Å². The van der Waals surface area contributed by atoms with E-state index in [1.165, 1.54) is 12.1 Å².